The van der Waals surface area contributed by atoms with Crippen molar-refractivity contribution in [2.24, 2.45) is 0 Å². The van der Waals surface area contributed by atoms with Crippen LogP contribution in [0.4, 0.5) is 11.5 Å². The quantitative estimate of drug-likeness (QED) is 0.723. The molecule has 0 spiro atoms. The fourth-order valence-corrected chi connectivity index (χ4v) is 2.25. The molecule has 2 heterocycles. The summed E-state index contributed by atoms with van der Waals surface area (Å²) in [6, 6.07) is 11.6. The van der Waals surface area contributed by atoms with Crippen LogP contribution in [0.1, 0.15) is 28.5 Å². The number of carbonyl (C=O) groups is 1. The SMILES string of the molecule is CCc1ccc(NC(=O)c2cnc(NCc3cccnc3)cn2)cc1. The van der Waals surface area contributed by atoms with E-state index in [0.29, 0.717) is 12.4 Å². The highest BCUT2D eigenvalue weighted by Crippen LogP contribution is 2.11. The lowest BCUT2D eigenvalue weighted by Gasteiger charge is -2.07. The third-order valence-electron chi connectivity index (χ3n) is 3.70. The highest BCUT2D eigenvalue weighted by molar-refractivity contribution is 6.02. The molecule has 0 bridgehead atoms. The number of hydrogen-bond acceptors (Lipinski definition) is 5. The molecule has 0 fully saturated rings. The van der Waals surface area contributed by atoms with Gasteiger partial charge in [-0.05, 0) is 35.7 Å². The van der Waals surface area contributed by atoms with E-state index in [2.05, 4.69) is 32.5 Å². The fourth-order valence-electron chi connectivity index (χ4n) is 2.25. The Bertz CT molecular complexity index is 817. The summed E-state index contributed by atoms with van der Waals surface area (Å²) in [6.07, 6.45) is 7.48. The molecule has 0 aliphatic carbocycles. The maximum absolute atomic E-state index is 12.2. The molecule has 0 aliphatic rings. The van der Waals surface area contributed by atoms with Crippen molar-refractivity contribution in [2.75, 3.05) is 10.6 Å². The van der Waals surface area contributed by atoms with Gasteiger partial charge in [0.2, 0.25) is 0 Å². The first-order valence-corrected chi connectivity index (χ1v) is 8.09. The minimum atomic E-state index is -0.282. The zero-order valence-corrected chi connectivity index (χ0v) is 13.9. The second-order valence-corrected chi connectivity index (χ2v) is 5.51. The smallest absolute Gasteiger partial charge is 0.275 e. The number of rotatable bonds is 6. The van der Waals surface area contributed by atoms with Crippen LogP contribution < -0.4 is 10.6 Å². The van der Waals surface area contributed by atoms with Crippen molar-refractivity contribution in [3.63, 3.8) is 0 Å². The Morgan fingerprint density at radius 3 is 2.48 bits per heavy atom. The molecule has 0 aliphatic heterocycles. The van der Waals surface area contributed by atoms with E-state index in [0.717, 1.165) is 17.7 Å². The molecule has 6 nitrogen and oxygen atoms in total. The molecule has 3 aromatic rings. The highest BCUT2D eigenvalue weighted by Gasteiger charge is 2.08. The maximum atomic E-state index is 12.2. The van der Waals surface area contributed by atoms with Gasteiger partial charge < -0.3 is 10.6 Å². The van der Waals surface area contributed by atoms with E-state index < -0.39 is 0 Å². The van der Waals surface area contributed by atoms with Crippen LogP contribution in [0.5, 0.6) is 0 Å². The average Bonchev–Trinajstić information content (AvgIpc) is 2.68. The Morgan fingerprint density at radius 2 is 1.84 bits per heavy atom. The van der Waals surface area contributed by atoms with E-state index in [4.69, 9.17) is 0 Å². The van der Waals surface area contributed by atoms with Gasteiger partial charge in [-0.1, -0.05) is 25.1 Å². The molecular weight excluding hydrogens is 314 g/mol. The molecule has 0 saturated heterocycles. The lowest BCUT2D eigenvalue weighted by molar-refractivity contribution is 0.102. The molecule has 0 unspecified atom stereocenters. The number of aryl methyl sites for hydroxylation is 1. The summed E-state index contributed by atoms with van der Waals surface area (Å²) < 4.78 is 0. The summed E-state index contributed by atoms with van der Waals surface area (Å²) in [5.41, 5.74) is 3.28. The standard InChI is InChI=1S/C19H19N5O/c1-2-14-5-7-16(8-6-14)24-19(25)17-12-23-18(13-21-17)22-11-15-4-3-9-20-10-15/h3-10,12-13H,2,11H2,1H3,(H,22,23)(H,24,25). The van der Waals surface area contributed by atoms with Crippen LogP contribution in [-0.4, -0.2) is 20.9 Å². The second kappa shape index (κ2) is 8.01. The lowest BCUT2D eigenvalue weighted by atomic mass is 10.1. The van der Waals surface area contributed by atoms with E-state index in [9.17, 15) is 4.79 Å². The fraction of sp³-hybridized carbons (Fsp3) is 0.158. The largest absolute Gasteiger partial charge is 0.365 e. The number of benzene rings is 1. The Balaban J connectivity index is 1.58. The molecule has 3 rings (SSSR count). The topological polar surface area (TPSA) is 79.8 Å². The number of pyridine rings is 1. The summed E-state index contributed by atoms with van der Waals surface area (Å²) in [5.74, 6) is 0.322. The van der Waals surface area contributed by atoms with Crippen LogP contribution in [0.15, 0.2) is 61.2 Å². The summed E-state index contributed by atoms with van der Waals surface area (Å²) in [6.45, 7) is 2.69. The predicted octanol–water partition coefficient (Wildman–Crippen LogP) is 3.30. The van der Waals surface area contributed by atoms with Crippen LogP contribution >= 0.6 is 0 Å². The summed E-state index contributed by atoms with van der Waals surface area (Å²) in [7, 11) is 0. The van der Waals surface area contributed by atoms with Gasteiger partial charge >= 0.3 is 0 Å². The Hall–Kier alpha value is -3.28. The third kappa shape index (κ3) is 4.60. The Labute approximate surface area is 146 Å². The van der Waals surface area contributed by atoms with Crippen LogP contribution in [0.25, 0.3) is 0 Å². The molecule has 25 heavy (non-hydrogen) atoms. The van der Waals surface area contributed by atoms with Gasteiger partial charge in [-0.25, -0.2) is 9.97 Å². The van der Waals surface area contributed by atoms with E-state index >= 15 is 0 Å². The van der Waals surface area contributed by atoms with Crippen molar-refractivity contribution in [3.8, 4) is 0 Å². The van der Waals surface area contributed by atoms with Crippen molar-refractivity contribution >= 4 is 17.4 Å². The van der Waals surface area contributed by atoms with E-state index in [1.807, 2.05) is 36.4 Å². The summed E-state index contributed by atoms with van der Waals surface area (Å²) in [5, 5.41) is 5.96. The zero-order valence-electron chi connectivity index (χ0n) is 13.9. The van der Waals surface area contributed by atoms with Crippen molar-refractivity contribution in [1.29, 1.82) is 0 Å². The van der Waals surface area contributed by atoms with Gasteiger partial charge in [0.15, 0.2) is 0 Å². The van der Waals surface area contributed by atoms with Gasteiger partial charge in [0.05, 0.1) is 12.4 Å². The number of nitrogens with zero attached hydrogens (tertiary/aromatic N) is 3. The van der Waals surface area contributed by atoms with Crippen LogP contribution in [0, 0.1) is 0 Å². The van der Waals surface area contributed by atoms with Crippen molar-refractivity contribution < 1.29 is 4.79 Å². The van der Waals surface area contributed by atoms with E-state index in [1.54, 1.807) is 18.6 Å². The molecule has 1 aromatic carbocycles. The van der Waals surface area contributed by atoms with Gasteiger partial charge in [0.25, 0.3) is 5.91 Å². The number of amides is 1. The van der Waals surface area contributed by atoms with Crippen molar-refractivity contribution in [2.45, 2.75) is 19.9 Å². The molecular formula is C19H19N5O. The minimum absolute atomic E-state index is 0.270. The first-order valence-electron chi connectivity index (χ1n) is 8.09. The Morgan fingerprint density at radius 1 is 1.00 bits per heavy atom. The molecule has 0 atom stereocenters. The highest BCUT2D eigenvalue weighted by atomic mass is 16.1. The van der Waals surface area contributed by atoms with Gasteiger partial charge in [-0.15, -0.1) is 0 Å². The molecule has 2 N–H and O–H groups in total. The molecule has 0 radical (unpaired) electrons. The molecule has 126 valence electrons. The van der Waals surface area contributed by atoms with Gasteiger partial charge in [-0.2, -0.15) is 0 Å². The zero-order chi connectivity index (χ0) is 17.5. The van der Waals surface area contributed by atoms with Gasteiger partial charge in [-0.3, -0.25) is 9.78 Å². The molecule has 2 aromatic heterocycles. The molecule has 1 amide bonds. The van der Waals surface area contributed by atoms with Crippen LogP contribution in [0.2, 0.25) is 0 Å². The normalized spacial score (nSPS) is 10.3. The van der Waals surface area contributed by atoms with E-state index in [1.165, 1.54) is 11.8 Å². The average molecular weight is 333 g/mol. The maximum Gasteiger partial charge on any atom is 0.275 e. The van der Waals surface area contributed by atoms with Crippen LogP contribution in [0.3, 0.4) is 0 Å². The molecule has 0 saturated carbocycles. The number of hydrogen-bond donors (Lipinski definition) is 2. The van der Waals surface area contributed by atoms with Crippen LogP contribution in [-0.2, 0) is 13.0 Å². The Kier molecular flexibility index (Phi) is 5.31. The predicted molar refractivity (Wildman–Crippen MR) is 97.4 cm³/mol. The number of nitrogens with one attached hydrogen (secondary N) is 2. The third-order valence-corrected chi connectivity index (χ3v) is 3.70. The van der Waals surface area contributed by atoms with Crippen molar-refractivity contribution in [1.82, 2.24) is 15.0 Å². The minimum Gasteiger partial charge on any atom is -0.365 e. The van der Waals surface area contributed by atoms with Crippen molar-refractivity contribution in [3.05, 3.63) is 78.0 Å². The first kappa shape index (κ1) is 16.6. The monoisotopic (exact) mass is 333 g/mol. The lowest BCUT2D eigenvalue weighted by Crippen LogP contribution is -2.14. The van der Waals surface area contributed by atoms with E-state index in [-0.39, 0.29) is 11.6 Å². The first-order chi connectivity index (χ1) is 12.2. The second-order valence-electron chi connectivity index (χ2n) is 5.51. The van der Waals surface area contributed by atoms with Gasteiger partial charge in [0, 0.05) is 24.6 Å². The molecule has 6 heteroatoms. The summed E-state index contributed by atoms with van der Waals surface area (Å²) in [4.78, 5) is 24.7. The number of carbonyl (C=O) groups excluding carboxylic acids is 1. The summed E-state index contributed by atoms with van der Waals surface area (Å²) >= 11 is 0. The van der Waals surface area contributed by atoms with Gasteiger partial charge in [0.1, 0.15) is 11.5 Å². The number of aromatic nitrogens is 3. The number of anilines is 2.